The molecule has 0 atom stereocenters. The first-order valence-corrected chi connectivity index (χ1v) is 6.28. The Morgan fingerprint density at radius 2 is 1.62 bits per heavy atom. The predicted octanol–water partition coefficient (Wildman–Crippen LogP) is 0.811. The van der Waals surface area contributed by atoms with Crippen LogP contribution in [0.25, 0.3) is 0 Å². The number of alkyl halides is 3. The molecule has 0 fully saturated rings. The molecule has 4 nitrogen and oxygen atoms in total. The van der Waals surface area contributed by atoms with E-state index in [0.29, 0.717) is 0 Å². The average molecular weight is 426 g/mol. The van der Waals surface area contributed by atoms with Gasteiger partial charge in [0, 0.05) is 6.92 Å². The second kappa shape index (κ2) is 7.21. The summed E-state index contributed by atoms with van der Waals surface area (Å²) in [6.45, 7) is 1.09. The van der Waals surface area contributed by atoms with Gasteiger partial charge in [-0.2, -0.15) is 13.2 Å². The SMILES string of the molecule is CC(=[OH+])CC(=[OH+])C(F)(F)F.[O]=[U]=[O]. The van der Waals surface area contributed by atoms with Crippen molar-refractivity contribution >= 4 is 11.6 Å². The summed E-state index contributed by atoms with van der Waals surface area (Å²) in [4.78, 5) is 16.5. The zero-order valence-electron chi connectivity index (χ0n) is 6.55. The minimum atomic E-state index is -4.72. The molecule has 0 saturated carbocycles. The summed E-state index contributed by atoms with van der Waals surface area (Å²) in [7, 11) is 0. The minimum absolute atomic E-state index is 0.463. The maximum atomic E-state index is 11.4. The van der Waals surface area contributed by atoms with Crippen molar-refractivity contribution in [3.05, 3.63) is 0 Å². The first kappa shape index (κ1) is 15.3. The zero-order valence-corrected chi connectivity index (χ0v) is 10.7. The van der Waals surface area contributed by atoms with Gasteiger partial charge < -0.3 is 0 Å². The Balaban J connectivity index is 0. The first-order chi connectivity index (χ1) is 5.75. The van der Waals surface area contributed by atoms with Crippen LogP contribution in [0.4, 0.5) is 13.2 Å². The van der Waals surface area contributed by atoms with Crippen molar-refractivity contribution in [1.29, 1.82) is 0 Å². The van der Waals surface area contributed by atoms with Crippen LogP contribution < -0.4 is 0 Å². The number of hydrogen-bond acceptors (Lipinski definition) is 2. The van der Waals surface area contributed by atoms with Gasteiger partial charge in [-0.3, -0.25) is 9.59 Å². The van der Waals surface area contributed by atoms with Crippen molar-refractivity contribution < 1.29 is 55.1 Å². The van der Waals surface area contributed by atoms with E-state index in [9.17, 15) is 13.2 Å². The molecule has 0 spiro atoms. The molecule has 13 heavy (non-hydrogen) atoms. The fraction of sp³-hybridized carbons (Fsp3) is 0.600. The number of hydrogen-bond donors (Lipinski definition) is 0. The quantitative estimate of drug-likeness (QED) is 0.484. The van der Waals surface area contributed by atoms with Gasteiger partial charge in [0.2, 0.25) is 0 Å². The van der Waals surface area contributed by atoms with E-state index < -0.39 is 52.0 Å². The number of ketones is 2. The Labute approximate surface area is 86.1 Å². The fourth-order valence-corrected chi connectivity index (χ4v) is 0.343. The normalized spacial score (nSPS) is 9.23. The molecule has 2 N–H and O–H groups in total. The van der Waals surface area contributed by atoms with Crippen molar-refractivity contribution in [2.75, 3.05) is 0 Å². The molecular weight excluding hydrogens is 419 g/mol. The van der Waals surface area contributed by atoms with Crippen LogP contribution in [0.1, 0.15) is 13.3 Å². The Kier molecular flexibility index (Phi) is 8.47. The number of carbonyl (C=O) groups excluding carboxylic acids is 2. The third kappa shape index (κ3) is 11.8. The van der Waals surface area contributed by atoms with Crippen LogP contribution in [0, 0.1) is 27.8 Å². The van der Waals surface area contributed by atoms with E-state index >= 15 is 0 Å². The first-order valence-electron chi connectivity index (χ1n) is 2.88. The second-order valence-corrected chi connectivity index (χ2v) is 2.63. The second-order valence-electron chi connectivity index (χ2n) is 1.94. The van der Waals surface area contributed by atoms with Gasteiger partial charge in [0.05, 0.1) is 0 Å². The molecule has 0 aliphatic carbocycles. The van der Waals surface area contributed by atoms with Gasteiger partial charge in [-0.25, -0.2) is 0 Å². The molecule has 0 aromatic carbocycles. The Morgan fingerprint density at radius 1 is 1.31 bits per heavy atom. The van der Waals surface area contributed by atoms with Crippen LogP contribution in [0.5, 0.6) is 0 Å². The molecule has 0 rings (SSSR count). The molecule has 0 radical (unpaired) electrons. The zero-order chi connectivity index (χ0) is 11.1. The van der Waals surface area contributed by atoms with E-state index in [-0.39, 0.29) is 0 Å². The van der Waals surface area contributed by atoms with E-state index in [0.717, 1.165) is 6.92 Å². The Hall–Kier alpha value is -0.218. The van der Waals surface area contributed by atoms with E-state index in [4.69, 9.17) is 14.1 Å². The van der Waals surface area contributed by atoms with E-state index in [1.165, 1.54) is 0 Å². The molecule has 0 aromatic heterocycles. The van der Waals surface area contributed by atoms with Gasteiger partial charge in [-0.15, -0.1) is 0 Å². The summed E-state index contributed by atoms with van der Waals surface area (Å²) >= 11 is -2.51. The summed E-state index contributed by atoms with van der Waals surface area (Å²) in [5.41, 5.74) is 0. The Morgan fingerprint density at radius 3 is 1.69 bits per heavy atom. The number of rotatable bonds is 2. The van der Waals surface area contributed by atoms with Crippen LogP contribution in [-0.2, 0) is 4.47 Å². The molecule has 0 saturated heterocycles. The molecule has 0 amide bonds. The maximum absolute atomic E-state index is 11.4. The van der Waals surface area contributed by atoms with Crippen molar-refractivity contribution in [3.8, 4) is 0 Å². The third-order valence-electron chi connectivity index (χ3n) is 0.750. The third-order valence-corrected chi connectivity index (χ3v) is 0.750. The molecule has 74 valence electrons. The molecule has 0 unspecified atom stereocenters. The molecule has 0 aliphatic rings. The molecule has 0 aromatic rings. The Bertz CT molecular complexity index is 228. The van der Waals surface area contributed by atoms with Crippen molar-refractivity contribution in [2.45, 2.75) is 19.5 Å². The summed E-state index contributed by atoms with van der Waals surface area (Å²) in [5.74, 6) is -2.14. The summed E-state index contributed by atoms with van der Waals surface area (Å²) in [5, 5.41) is 0. The monoisotopic (exact) mass is 426 g/mol. The van der Waals surface area contributed by atoms with Gasteiger partial charge in [0.1, 0.15) is 0 Å². The van der Waals surface area contributed by atoms with Crippen molar-refractivity contribution in [1.82, 2.24) is 0 Å². The number of halogens is 3. The van der Waals surface area contributed by atoms with Gasteiger partial charge in [0.15, 0.2) is 6.42 Å². The summed E-state index contributed by atoms with van der Waals surface area (Å²) in [6, 6.07) is 0. The van der Waals surface area contributed by atoms with Crippen molar-refractivity contribution in [2.24, 2.45) is 0 Å². The van der Waals surface area contributed by atoms with Gasteiger partial charge in [-0.05, 0) is 0 Å². The van der Waals surface area contributed by atoms with Crippen LogP contribution in [0.3, 0.4) is 0 Å². The average Bonchev–Trinajstić information content (AvgIpc) is 1.85. The van der Waals surface area contributed by atoms with Crippen LogP contribution in [-0.4, -0.2) is 27.3 Å². The van der Waals surface area contributed by atoms with Gasteiger partial charge >= 0.3 is 50.0 Å². The molecule has 0 heterocycles. The van der Waals surface area contributed by atoms with E-state index in [2.05, 4.69) is 0 Å². The molecule has 8 heteroatoms. The standard InChI is InChI=1S/C5H5F3O2.2O.U/c1-3(9)2-4(10)5(6,7)8;;;/h2H2,1H3;;;/p+2. The fourth-order valence-electron chi connectivity index (χ4n) is 0.343. The van der Waals surface area contributed by atoms with E-state index in [1.54, 1.807) is 0 Å². The summed E-state index contributed by atoms with van der Waals surface area (Å²) in [6.07, 6.45) is -5.55. The van der Waals surface area contributed by atoms with Crippen LogP contribution >= 0.6 is 0 Å². The van der Waals surface area contributed by atoms with Gasteiger partial charge in [-0.1, -0.05) is 0 Å². The van der Waals surface area contributed by atoms with Crippen molar-refractivity contribution in [3.63, 3.8) is 0 Å². The molecule has 0 aliphatic heterocycles. The predicted molar refractivity (Wildman–Crippen MR) is 31.6 cm³/mol. The molecular formula is C5H7F3O4U+2. The topological polar surface area (TPSA) is 76.9 Å². The molecule has 0 bridgehead atoms. The van der Waals surface area contributed by atoms with E-state index in [1.807, 2.05) is 0 Å². The van der Waals surface area contributed by atoms with Crippen LogP contribution in [0.2, 0.25) is 0 Å². The summed E-state index contributed by atoms with van der Waals surface area (Å²) < 4.78 is 51.4. The van der Waals surface area contributed by atoms with Gasteiger partial charge in [0.25, 0.3) is 0 Å². The van der Waals surface area contributed by atoms with Crippen LogP contribution in [0.15, 0.2) is 0 Å².